The van der Waals surface area contributed by atoms with E-state index in [0.29, 0.717) is 5.69 Å². The summed E-state index contributed by atoms with van der Waals surface area (Å²) < 4.78 is 27.8. The van der Waals surface area contributed by atoms with E-state index in [4.69, 9.17) is 5.11 Å². The second-order valence-corrected chi connectivity index (χ2v) is 3.21. The summed E-state index contributed by atoms with van der Waals surface area (Å²) in [5.41, 5.74) is 0.355. The van der Waals surface area contributed by atoms with Crippen LogP contribution in [0.25, 0.3) is 0 Å². The van der Waals surface area contributed by atoms with Crippen molar-refractivity contribution in [3.05, 3.63) is 16.1 Å². The fraction of sp³-hybridized carbons (Fsp3) is 0.429. The summed E-state index contributed by atoms with van der Waals surface area (Å²) in [5.74, 6) is -1.13. The molecule has 78 valence electrons. The van der Waals surface area contributed by atoms with Gasteiger partial charge in [0.05, 0.1) is 12.3 Å². The van der Waals surface area contributed by atoms with E-state index in [1.165, 1.54) is 5.38 Å². The Bertz CT molecular complexity index is 316. The van der Waals surface area contributed by atoms with Crippen molar-refractivity contribution in [1.82, 2.24) is 4.98 Å². The van der Waals surface area contributed by atoms with Crippen LogP contribution in [-0.4, -0.2) is 29.1 Å². The van der Waals surface area contributed by atoms with E-state index in [9.17, 15) is 13.6 Å². The van der Waals surface area contributed by atoms with Crippen molar-refractivity contribution < 1.29 is 23.4 Å². The topological polar surface area (TPSA) is 59.4 Å². The largest absolute Gasteiger partial charge is 0.476 e. The number of halogens is 2. The van der Waals surface area contributed by atoms with Gasteiger partial charge in [0.25, 0.3) is 6.43 Å². The third-order valence-corrected chi connectivity index (χ3v) is 2.11. The number of carboxylic acids is 1. The summed E-state index contributed by atoms with van der Waals surface area (Å²) >= 11 is 0.938. The normalized spacial score (nSPS) is 10.8. The van der Waals surface area contributed by atoms with Gasteiger partial charge in [0.1, 0.15) is 6.61 Å². The van der Waals surface area contributed by atoms with Gasteiger partial charge in [-0.05, 0) is 0 Å². The Labute approximate surface area is 82.2 Å². The van der Waals surface area contributed by atoms with E-state index in [-0.39, 0.29) is 11.6 Å². The fourth-order valence-corrected chi connectivity index (χ4v) is 1.36. The third-order valence-electron chi connectivity index (χ3n) is 1.23. The van der Waals surface area contributed by atoms with E-state index in [1.807, 2.05) is 0 Å². The number of rotatable bonds is 5. The third kappa shape index (κ3) is 3.35. The minimum atomic E-state index is -2.52. The lowest BCUT2D eigenvalue weighted by Gasteiger charge is -1.99. The Morgan fingerprint density at radius 1 is 1.71 bits per heavy atom. The average molecular weight is 223 g/mol. The Hall–Kier alpha value is -1.08. The van der Waals surface area contributed by atoms with Crippen LogP contribution in [0.15, 0.2) is 5.38 Å². The Morgan fingerprint density at radius 3 is 2.93 bits per heavy atom. The first kappa shape index (κ1) is 11.0. The molecule has 4 nitrogen and oxygen atoms in total. The van der Waals surface area contributed by atoms with E-state index in [2.05, 4.69) is 9.72 Å². The molecule has 1 N–H and O–H groups in total. The molecule has 1 aromatic heterocycles. The number of hydrogen-bond donors (Lipinski definition) is 1. The second-order valence-electron chi connectivity index (χ2n) is 2.36. The minimum Gasteiger partial charge on any atom is -0.476 e. The maximum Gasteiger partial charge on any atom is 0.365 e. The second kappa shape index (κ2) is 4.97. The number of ether oxygens (including phenoxy) is 1. The van der Waals surface area contributed by atoms with Crippen LogP contribution < -0.4 is 0 Å². The lowest BCUT2D eigenvalue weighted by molar-refractivity contribution is 0.00891. The molecular weight excluding hydrogens is 216 g/mol. The monoisotopic (exact) mass is 223 g/mol. The van der Waals surface area contributed by atoms with E-state index >= 15 is 0 Å². The van der Waals surface area contributed by atoms with Crippen LogP contribution in [0.5, 0.6) is 0 Å². The molecule has 0 aliphatic heterocycles. The summed E-state index contributed by atoms with van der Waals surface area (Å²) in [7, 11) is 0. The van der Waals surface area contributed by atoms with Gasteiger partial charge in [-0.25, -0.2) is 18.6 Å². The fourth-order valence-electron chi connectivity index (χ4n) is 0.724. The lowest BCUT2D eigenvalue weighted by Crippen LogP contribution is -2.04. The Morgan fingerprint density at radius 2 is 2.43 bits per heavy atom. The molecular formula is C7H7F2NO3S. The van der Waals surface area contributed by atoms with Crippen molar-refractivity contribution in [2.75, 3.05) is 6.61 Å². The molecule has 1 rings (SSSR count). The van der Waals surface area contributed by atoms with Crippen molar-refractivity contribution in [2.24, 2.45) is 0 Å². The first-order chi connectivity index (χ1) is 6.59. The number of aromatic carboxylic acids is 1. The first-order valence-corrected chi connectivity index (χ1v) is 4.51. The number of carboxylic acid groups (broad SMARTS) is 1. The molecule has 0 unspecified atom stereocenters. The van der Waals surface area contributed by atoms with Crippen LogP contribution in [0.3, 0.4) is 0 Å². The zero-order valence-corrected chi connectivity index (χ0v) is 7.76. The van der Waals surface area contributed by atoms with Crippen molar-refractivity contribution in [3.63, 3.8) is 0 Å². The Balaban J connectivity index is 2.40. The quantitative estimate of drug-likeness (QED) is 0.824. The zero-order valence-electron chi connectivity index (χ0n) is 6.94. The molecule has 0 aliphatic carbocycles. The van der Waals surface area contributed by atoms with Crippen LogP contribution in [0.1, 0.15) is 15.5 Å². The van der Waals surface area contributed by atoms with Crippen LogP contribution in [0.2, 0.25) is 0 Å². The average Bonchev–Trinajstić information content (AvgIpc) is 2.52. The zero-order chi connectivity index (χ0) is 10.6. The summed E-state index contributed by atoms with van der Waals surface area (Å²) in [6.07, 6.45) is -2.52. The van der Waals surface area contributed by atoms with Crippen molar-refractivity contribution in [3.8, 4) is 0 Å². The highest BCUT2D eigenvalue weighted by molar-refractivity contribution is 7.11. The molecule has 0 saturated carbocycles. The molecule has 1 heterocycles. The predicted octanol–water partition coefficient (Wildman–Crippen LogP) is 1.62. The van der Waals surface area contributed by atoms with E-state index < -0.39 is 19.0 Å². The predicted molar refractivity (Wildman–Crippen MR) is 44.7 cm³/mol. The molecule has 1 aromatic rings. The maximum absolute atomic E-state index is 11.6. The van der Waals surface area contributed by atoms with Crippen LogP contribution in [-0.2, 0) is 11.3 Å². The van der Waals surface area contributed by atoms with Crippen molar-refractivity contribution >= 4 is 17.3 Å². The van der Waals surface area contributed by atoms with Gasteiger partial charge in [-0.3, -0.25) is 0 Å². The number of nitrogens with zero attached hydrogens (tertiary/aromatic N) is 1. The highest BCUT2D eigenvalue weighted by atomic mass is 32.1. The van der Waals surface area contributed by atoms with E-state index in [0.717, 1.165) is 11.3 Å². The summed E-state index contributed by atoms with van der Waals surface area (Å²) in [4.78, 5) is 14.0. The molecule has 0 atom stereocenters. The number of carbonyl (C=O) groups is 1. The number of hydrogen-bond acceptors (Lipinski definition) is 4. The molecule has 7 heteroatoms. The molecule has 0 amide bonds. The number of alkyl halides is 2. The molecule has 0 radical (unpaired) electrons. The van der Waals surface area contributed by atoms with Gasteiger partial charge < -0.3 is 9.84 Å². The Kier molecular flexibility index (Phi) is 3.90. The molecule has 0 spiro atoms. The van der Waals surface area contributed by atoms with Crippen molar-refractivity contribution in [2.45, 2.75) is 13.0 Å². The first-order valence-electron chi connectivity index (χ1n) is 3.63. The molecule has 0 aromatic carbocycles. The number of aromatic nitrogens is 1. The van der Waals surface area contributed by atoms with Crippen LogP contribution in [0.4, 0.5) is 8.78 Å². The van der Waals surface area contributed by atoms with Crippen LogP contribution in [0, 0.1) is 0 Å². The SMILES string of the molecule is O=C(O)c1nc(COCC(F)F)cs1. The highest BCUT2D eigenvalue weighted by Crippen LogP contribution is 2.10. The van der Waals surface area contributed by atoms with Gasteiger partial charge in [0, 0.05) is 5.38 Å². The number of thiazole rings is 1. The lowest BCUT2D eigenvalue weighted by atomic mass is 10.5. The molecule has 0 fully saturated rings. The highest BCUT2D eigenvalue weighted by Gasteiger charge is 2.09. The van der Waals surface area contributed by atoms with Crippen molar-refractivity contribution in [1.29, 1.82) is 0 Å². The summed E-state index contributed by atoms with van der Waals surface area (Å²) in [6.45, 7) is -0.756. The molecule has 14 heavy (non-hydrogen) atoms. The van der Waals surface area contributed by atoms with Gasteiger partial charge in [-0.2, -0.15) is 0 Å². The molecule has 0 aliphatic rings. The molecule has 0 bridgehead atoms. The van der Waals surface area contributed by atoms with Crippen LogP contribution >= 0.6 is 11.3 Å². The smallest absolute Gasteiger partial charge is 0.365 e. The minimum absolute atomic E-state index is 0.0688. The van der Waals surface area contributed by atoms with Gasteiger partial charge in [0.15, 0.2) is 0 Å². The maximum atomic E-state index is 11.6. The van der Waals surface area contributed by atoms with E-state index in [1.54, 1.807) is 0 Å². The van der Waals surface area contributed by atoms with Gasteiger partial charge >= 0.3 is 5.97 Å². The summed E-state index contributed by atoms with van der Waals surface area (Å²) in [5, 5.41) is 9.90. The standard InChI is InChI=1S/C7H7F2NO3S/c8-5(9)2-13-1-4-3-14-6(10-4)7(11)12/h3,5H,1-2H2,(H,11,12). The van der Waals surface area contributed by atoms with Gasteiger partial charge in [0.2, 0.25) is 5.01 Å². The van der Waals surface area contributed by atoms with Gasteiger partial charge in [-0.15, -0.1) is 11.3 Å². The summed E-state index contributed by atoms with van der Waals surface area (Å²) in [6, 6.07) is 0. The molecule has 0 saturated heterocycles. The van der Waals surface area contributed by atoms with Gasteiger partial charge in [-0.1, -0.05) is 0 Å².